The van der Waals surface area contributed by atoms with Gasteiger partial charge >= 0.3 is 0 Å². The molecular formula is C22H30FN3O3S. The van der Waals surface area contributed by atoms with Crippen molar-refractivity contribution in [1.82, 2.24) is 14.9 Å². The van der Waals surface area contributed by atoms with Crippen LogP contribution in [0.25, 0.3) is 0 Å². The predicted molar refractivity (Wildman–Crippen MR) is 117 cm³/mol. The number of hydrogen-bond acceptors (Lipinski definition) is 6. The molecule has 0 spiro atoms. The lowest BCUT2D eigenvalue weighted by molar-refractivity contribution is 0.0963. The van der Waals surface area contributed by atoms with Gasteiger partial charge in [0.15, 0.2) is 5.75 Å². The standard InChI is InChI=1S/C22H28FN3O3.H2S/c1-14-9-18(10-15(2)24-14)29-13-17-5-4-6-26(12-17)16(3)21-19(23)11-20-22(25-21)28-8-7-27-20;/h9-11,16-17H,4-8,12-13H2,1-3H3;1H2/t16?,17-;/m0./s1. The Morgan fingerprint density at radius 3 is 2.67 bits per heavy atom. The molecule has 4 heterocycles. The Bertz CT molecular complexity index is 863. The molecule has 0 radical (unpaired) electrons. The van der Waals surface area contributed by atoms with E-state index in [1.54, 1.807) is 0 Å². The number of rotatable bonds is 5. The van der Waals surface area contributed by atoms with E-state index in [9.17, 15) is 4.39 Å². The summed E-state index contributed by atoms with van der Waals surface area (Å²) in [4.78, 5) is 11.1. The zero-order valence-corrected chi connectivity index (χ0v) is 18.8. The third kappa shape index (κ3) is 5.16. The maximum atomic E-state index is 14.7. The largest absolute Gasteiger partial charge is 0.493 e. The maximum absolute atomic E-state index is 14.7. The molecule has 164 valence electrons. The topological polar surface area (TPSA) is 56.7 Å². The lowest BCUT2D eigenvalue weighted by Gasteiger charge is -2.36. The molecule has 30 heavy (non-hydrogen) atoms. The summed E-state index contributed by atoms with van der Waals surface area (Å²) in [6.45, 7) is 9.21. The first-order valence-corrected chi connectivity index (χ1v) is 10.3. The van der Waals surface area contributed by atoms with E-state index in [2.05, 4.69) is 14.9 Å². The van der Waals surface area contributed by atoms with Gasteiger partial charge in [-0.05, 0) is 40.2 Å². The van der Waals surface area contributed by atoms with Gasteiger partial charge in [0.05, 0.1) is 18.3 Å². The van der Waals surface area contributed by atoms with E-state index >= 15 is 0 Å². The molecule has 2 aromatic heterocycles. The van der Waals surface area contributed by atoms with Crippen LogP contribution in [0.5, 0.6) is 17.4 Å². The zero-order chi connectivity index (χ0) is 20.4. The van der Waals surface area contributed by atoms with Gasteiger partial charge in [-0.1, -0.05) is 0 Å². The minimum absolute atomic E-state index is 0. The third-order valence-electron chi connectivity index (χ3n) is 5.55. The average Bonchev–Trinajstić information content (AvgIpc) is 2.71. The molecule has 2 aromatic rings. The predicted octanol–water partition coefficient (Wildman–Crippen LogP) is 3.97. The Hall–Kier alpha value is -2.06. The van der Waals surface area contributed by atoms with E-state index in [1.165, 1.54) is 6.07 Å². The van der Waals surface area contributed by atoms with Crippen LogP contribution in [0.4, 0.5) is 4.39 Å². The quantitative estimate of drug-likeness (QED) is 0.708. The Kier molecular flexibility index (Phi) is 7.41. The van der Waals surface area contributed by atoms with E-state index in [0.29, 0.717) is 43.1 Å². The van der Waals surface area contributed by atoms with Gasteiger partial charge in [-0.15, -0.1) is 0 Å². The lowest BCUT2D eigenvalue weighted by Crippen LogP contribution is -2.39. The number of likely N-dealkylation sites (tertiary alicyclic amines) is 1. The van der Waals surface area contributed by atoms with Gasteiger partial charge < -0.3 is 14.2 Å². The number of halogens is 1. The van der Waals surface area contributed by atoms with Crippen molar-refractivity contribution in [1.29, 1.82) is 0 Å². The van der Waals surface area contributed by atoms with E-state index < -0.39 is 0 Å². The van der Waals surface area contributed by atoms with Gasteiger partial charge in [0.2, 0.25) is 0 Å². The normalized spacial score (nSPS) is 19.7. The van der Waals surface area contributed by atoms with Crippen molar-refractivity contribution in [2.45, 2.75) is 39.7 Å². The van der Waals surface area contributed by atoms with Crippen LogP contribution in [0, 0.1) is 25.6 Å². The summed E-state index contributed by atoms with van der Waals surface area (Å²) < 4.78 is 31.7. The first kappa shape index (κ1) is 22.6. The van der Waals surface area contributed by atoms with Gasteiger partial charge in [-0.25, -0.2) is 9.37 Å². The van der Waals surface area contributed by atoms with Crippen LogP contribution in [-0.2, 0) is 0 Å². The molecule has 2 atom stereocenters. The highest BCUT2D eigenvalue weighted by Gasteiger charge is 2.29. The molecule has 8 heteroatoms. The lowest BCUT2D eigenvalue weighted by atomic mass is 9.97. The van der Waals surface area contributed by atoms with Gasteiger partial charge in [-0.2, -0.15) is 13.5 Å². The molecular weight excluding hydrogens is 405 g/mol. The number of nitrogens with zero attached hydrogens (tertiary/aromatic N) is 3. The third-order valence-corrected chi connectivity index (χ3v) is 5.55. The highest BCUT2D eigenvalue weighted by molar-refractivity contribution is 7.59. The number of pyridine rings is 2. The molecule has 1 unspecified atom stereocenters. The van der Waals surface area contributed by atoms with Crippen molar-refractivity contribution in [2.75, 3.05) is 32.9 Å². The fraction of sp³-hybridized carbons (Fsp3) is 0.545. The Morgan fingerprint density at radius 2 is 1.90 bits per heavy atom. The molecule has 0 bridgehead atoms. The van der Waals surface area contributed by atoms with Crippen molar-refractivity contribution < 1.29 is 18.6 Å². The smallest absolute Gasteiger partial charge is 0.257 e. The van der Waals surface area contributed by atoms with Crippen molar-refractivity contribution in [3.63, 3.8) is 0 Å². The van der Waals surface area contributed by atoms with Crippen molar-refractivity contribution in [3.05, 3.63) is 41.1 Å². The summed E-state index contributed by atoms with van der Waals surface area (Å²) in [6.07, 6.45) is 2.16. The van der Waals surface area contributed by atoms with Crippen LogP contribution in [0.1, 0.15) is 42.9 Å². The van der Waals surface area contributed by atoms with Gasteiger partial charge in [0.25, 0.3) is 5.88 Å². The molecule has 2 aliphatic heterocycles. The summed E-state index contributed by atoms with van der Waals surface area (Å²) in [5.41, 5.74) is 2.33. The molecule has 6 nitrogen and oxygen atoms in total. The molecule has 1 saturated heterocycles. The van der Waals surface area contributed by atoms with E-state index in [-0.39, 0.29) is 25.4 Å². The Morgan fingerprint density at radius 1 is 1.17 bits per heavy atom. The average molecular weight is 436 g/mol. The van der Waals surface area contributed by atoms with Gasteiger partial charge in [0, 0.05) is 42.0 Å². The summed E-state index contributed by atoms with van der Waals surface area (Å²) in [6, 6.07) is 5.18. The van der Waals surface area contributed by atoms with Crippen LogP contribution in [-0.4, -0.2) is 47.8 Å². The highest BCUT2D eigenvalue weighted by atomic mass is 32.1. The second-order valence-electron chi connectivity index (χ2n) is 7.93. The zero-order valence-electron chi connectivity index (χ0n) is 17.8. The SMILES string of the molecule is Cc1cc(OC[C@H]2CCCN(C(C)c3nc4c(cc3F)OCCO4)C2)cc(C)n1.S. The molecule has 0 N–H and O–H groups in total. The van der Waals surface area contributed by atoms with Crippen LogP contribution >= 0.6 is 13.5 Å². The van der Waals surface area contributed by atoms with Crippen molar-refractivity contribution >= 4 is 13.5 Å². The first-order chi connectivity index (χ1) is 14.0. The molecule has 0 aliphatic carbocycles. The van der Waals surface area contributed by atoms with E-state index in [0.717, 1.165) is 43.1 Å². The number of aryl methyl sites for hydroxylation is 2. The van der Waals surface area contributed by atoms with Crippen LogP contribution in [0.3, 0.4) is 0 Å². The molecule has 1 fully saturated rings. The summed E-state index contributed by atoms with van der Waals surface area (Å²) in [5.74, 6) is 1.68. The summed E-state index contributed by atoms with van der Waals surface area (Å²) in [5, 5.41) is 0. The van der Waals surface area contributed by atoms with Crippen LogP contribution < -0.4 is 14.2 Å². The second-order valence-corrected chi connectivity index (χ2v) is 7.93. The Balaban J connectivity index is 0.00000256. The molecule has 4 rings (SSSR count). The van der Waals surface area contributed by atoms with E-state index in [1.807, 2.05) is 32.9 Å². The van der Waals surface area contributed by atoms with Gasteiger partial charge in [-0.3, -0.25) is 9.88 Å². The summed E-state index contributed by atoms with van der Waals surface area (Å²) >= 11 is 0. The number of aromatic nitrogens is 2. The van der Waals surface area contributed by atoms with E-state index in [4.69, 9.17) is 14.2 Å². The molecule has 2 aliphatic rings. The Labute approximate surface area is 184 Å². The summed E-state index contributed by atoms with van der Waals surface area (Å²) in [7, 11) is 0. The number of piperidine rings is 1. The van der Waals surface area contributed by atoms with Gasteiger partial charge in [0.1, 0.15) is 24.8 Å². The van der Waals surface area contributed by atoms with Crippen molar-refractivity contribution in [2.24, 2.45) is 5.92 Å². The number of fused-ring (bicyclic) bond motifs is 1. The molecule has 0 amide bonds. The number of ether oxygens (including phenoxy) is 3. The fourth-order valence-electron chi connectivity index (χ4n) is 4.11. The first-order valence-electron chi connectivity index (χ1n) is 10.3. The van der Waals surface area contributed by atoms with Crippen molar-refractivity contribution in [3.8, 4) is 17.4 Å². The van der Waals surface area contributed by atoms with Crippen LogP contribution in [0.15, 0.2) is 18.2 Å². The minimum Gasteiger partial charge on any atom is -0.493 e. The molecule has 0 saturated carbocycles. The fourth-order valence-corrected chi connectivity index (χ4v) is 4.11. The second kappa shape index (κ2) is 9.83. The maximum Gasteiger partial charge on any atom is 0.257 e. The number of hydrogen-bond donors (Lipinski definition) is 0. The van der Waals surface area contributed by atoms with Crippen LogP contribution in [0.2, 0.25) is 0 Å². The molecule has 0 aromatic carbocycles. The minimum atomic E-state index is -0.345. The highest BCUT2D eigenvalue weighted by Crippen LogP contribution is 2.34. The monoisotopic (exact) mass is 435 g/mol.